The predicted molar refractivity (Wildman–Crippen MR) is 49.0 cm³/mol. The van der Waals surface area contributed by atoms with E-state index in [4.69, 9.17) is 9.84 Å². The largest absolute Gasteiger partial charge is 0.480 e. The average Bonchev–Trinajstić information content (AvgIpc) is 2.59. The van der Waals surface area contributed by atoms with Crippen LogP contribution in [0.25, 0.3) is 0 Å². The second kappa shape index (κ2) is 4.85. The maximum Gasteiger partial charge on any atom is 0.323 e. The highest BCUT2D eigenvalue weighted by atomic mass is 19.3. The molecule has 0 saturated heterocycles. The van der Waals surface area contributed by atoms with E-state index in [0.29, 0.717) is 12.8 Å². The summed E-state index contributed by atoms with van der Waals surface area (Å²) in [6, 6.07) is 0. The van der Waals surface area contributed by atoms with E-state index in [1.165, 1.54) is 0 Å². The maximum atomic E-state index is 11.9. The molecule has 1 fully saturated rings. The fraction of sp³-hybridized carbons (Fsp3) is 0.889. The zero-order valence-corrected chi connectivity index (χ0v) is 8.50. The number of carbonyl (C=O) groups is 1. The van der Waals surface area contributed by atoms with E-state index in [-0.39, 0.29) is 12.5 Å². The summed E-state index contributed by atoms with van der Waals surface area (Å²) in [6.45, 7) is -0.621. The van der Waals surface area contributed by atoms with Gasteiger partial charge >= 0.3 is 5.97 Å². The molecule has 0 heterocycles. The molecule has 1 rings (SSSR count). The average molecular weight is 223 g/mol. The molecule has 1 saturated carbocycles. The van der Waals surface area contributed by atoms with E-state index in [1.807, 2.05) is 0 Å². The Hall–Kier alpha value is -0.750. The summed E-state index contributed by atoms with van der Waals surface area (Å²) in [5.41, 5.74) is -1.01. The fourth-order valence-electron chi connectivity index (χ4n) is 1.88. The van der Waals surface area contributed by atoms with Crippen molar-refractivity contribution in [2.24, 2.45) is 0 Å². The van der Waals surface area contributed by atoms with Gasteiger partial charge in [0.15, 0.2) is 0 Å². The molecule has 1 aliphatic carbocycles. The molecule has 0 aromatic rings. The standard InChI is InChI=1S/C9H15F2NO3/c1-12-9(8(13)14)3-2-6(4-9)15-5-7(10)11/h6-7,12H,2-5H2,1H3,(H,13,14). The lowest BCUT2D eigenvalue weighted by Crippen LogP contribution is -2.48. The summed E-state index contributed by atoms with van der Waals surface area (Å²) < 4.78 is 28.6. The normalized spacial score (nSPS) is 31.1. The smallest absolute Gasteiger partial charge is 0.323 e. The van der Waals surface area contributed by atoms with Crippen LogP contribution in [0.15, 0.2) is 0 Å². The van der Waals surface area contributed by atoms with Gasteiger partial charge in [0.05, 0.1) is 6.10 Å². The molecule has 6 heteroatoms. The highest BCUT2D eigenvalue weighted by molar-refractivity contribution is 5.79. The van der Waals surface area contributed by atoms with Crippen molar-refractivity contribution in [1.29, 1.82) is 0 Å². The van der Waals surface area contributed by atoms with Gasteiger partial charge in [-0.05, 0) is 19.9 Å². The van der Waals surface area contributed by atoms with Crippen molar-refractivity contribution in [3.05, 3.63) is 0 Å². The third-order valence-corrected chi connectivity index (χ3v) is 2.82. The third kappa shape index (κ3) is 2.85. The van der Waals surface area contributed by atoms with Crippen molar-refractivity contribution >= 4 is 5.97 Å². The first-order chi connectivity index (χ1) is 7.00. The highest BCUT2D eigenvalue weighted by Crippen LogP contribution is 2.32. The van der Waals surface area contributed by atoms with E-state index >= 15 is 0 Å². The molecular weight excluding hydrogens is 208 g/mol. The number of halogens is 2. The molecule has 88 valence electrons. The van der Waals surface area contributed by atoms with Crippen LogP contribution in [0, 0.1) is 0 Å². The Morgan fingerprint density at radius 3 is 2.80 bits per heavy atom. The zero-order valence-electron chi connectivity index (χ0n) is 8.50. The lowest BCUT2D eigenvalue weighted by molar-refractivity contribution is -0.145. The maximum absolute atomic E-state index is 11.9. The number of carboxylic acids is 1. The van der Waals surface area contributed by atoms with Gasteiger partial charge in [0.25, 0.3) is 6.43 Å². The first-order valence-corrected chi connectivity index (χ1v) is 4.82. The van der Waals surface area contributed by atoms with Crippen LogP contribution >= 0.6 is 0 Å². The molecule has 0 aromatic heterocycles. The van der Waals surface area contributed by atoms with Crippen molar-refractivity contribution < 1.29 is 23.4 Å². The molecule has 0 amide bonds. The summed E-state index contributed by atoms with van der Waals surface area (Å²) in [6.07, 6.45) is -1.74. The van der Waals surface area contributed by atoms with Crippen molar-refractivity contribution in [2.45, 2.75) is 37.3 Å². The van der Waals surface area contributed by atoms with Crippen molar-refractivity contribution in [2.75, 3.05) is 13.7 Å². The third-order valence-electron chi connectivity index (χ3n) is 2.82. The molecule has 0 spiro atoms. The molecule has 4 nitrogen and oxygen atoms in total. The summed E-state index contributed by atoms with van der Waals surface area (Å²) in [5.74, 6) is -0.951. The monoisotopic (exact) mass is 223 g/mol. The topological polar surface area (TPSA) is 58.6 Å². The lowest BCUT2D eigenvalue weighted by Gasteiger charge is -2.23. The summed E-state index contributed by atoms with van der Waals surface area (Å²) >= 11 is 0. The number of hydrogen-bond acceptors (Lipinski definition) is 3. The zero-order chi connectivity index (χ0) is 11.5. The first kappa shape index (κ1) is 12.3. The molecule has 2 atom stereocenters. The molecule has 15 heavy (non-hydrogen) atoms. The Bertz CT molecular complexity index is 237. The Morgan fingerprint density at radius 2 is 2.40 bits per heavy atom. The van der Waals surface area contributed by atoms with Crippen LogP contribution in [0.2, 0.25) is 0 Å². The number of alkyl halides is 2. The second-order valence-corrected chi connectivity index (χ2v) is 3.73. The van der Waals surface area contributed by atoms with Gasteiger partial charge < -0.3 is 15.2 Å². The van der Waals surface area contributed by atoms with Crippen molar-refractivity contribution in [3.8, 4) is 0 Å². The Balaban J connectivity index is 2.46. The van der Waals surface area contributed by atoms with Gasteiger partial charge in [0.2, 0.25) is 0 Å². The van der Waals surface area contributed by atoms with E-state index < -0.39 is 24.5 Å². The number of likely N-dealkylation sites (N-methyl/N-ethyl adjacent to an activating group) is 1. The number of aliphatic carboxylic acids is 1. The van der Waals surface area contributed by atoms with E-state index in [0.717, 1.165) is 0 Å². The molecule has 0 aliphatic heterocycles. The van der Waals surface area contributed by atoms with Crippen LogP contribution in [-0.4, -0.2) is 42.8 Å². The second-order valence-electron chi connectivity index (χ2n) is 3.73. The van der Waals surface area contributed by atoms with E-state index in [9.17, 15) is 13.6 Å². The van der Waals surface area contributed by atoms with Crippen LogP contribution in [0.4, 0.5) is 8.78 Å². The number of nitrogens with one attached hydrogen (secondary N) is 1. The molecule has 0 radical (unpaired) electrons. The fourth-order valence-corrected chi connectivity index (χ4v) is 1.88. The van der Waals surface area contributed by atoms with Crippen LogP contribution in [0.5, 0.6) is 0 Å². The summed E-state index contributed by atoms with van der Waals surface area (Å²) in [4.78, 5) is 11.0. The molecule has 2 N–H and O–H groups in total. The molecule has 0 bridgehead atoms. The number of ether oxygens (including phenoxy) is 1. The van der Waals surface area contributed by atoms with E-state index in [2.05, 4.69) is 5.32 Å². The van der Waals surface area contributed by atoms with Crippen LogP contribution < -0.4 is 5.32 Å². The number of rotatable bonds is 5. The van der Waals surface area contributed by atoms with Crippen LogP contribution in [0.1, 0.15) is 19.3 Å². The van der Waals surface area contributed by atoms with Crippen LogP contribution in [0.3, 0.4) is 0 Å². The summed E-state index contributed by atoms with van der Waals surface area (Å²) in [5, 5.41) is 11.7. The minimum Gasteiger partial charge on any atom is -0.480 e. The first-order valence-electron chi connectivity index (χ1n) is 4.82. The number of hydrogen-bond donors (Lipinski definition) is 2. The predicted octanol–water partition coefficient (Wildman–Crippen LogP) is 0.863. The van der Waals surface area contributed by atoms with Gasteiger partial charge in [-0.25, -0.2) is 8.78 Å². The van der Waals surface area contributed by atoms with Crippen LogP contribution in [-0.2, 0) is 9.53 Å². The minimum absolute atomic E-state index is 0.242. The molecule has 1 aliphatic rings. The molecular formula is C9H15F2NO3. The van der Waals surface area contributed by atoms with Gasteiger partial charge in [-0.15, -0.1) is 0 Å². The SMILES string of the molecule is CNC1(C(=O)O)CCC(OCC(F)F)C1. The van der Waals surface area contributed by atoms with Gasteiger partial charge in [0.1, 0.15) is 12.1 Å². The summed E-state index contributed by atoms with van der Waals surface area (Å²) in [7, 11) is 1.56. The Labute approximate surface area is 86.6 Å². The van der Waals surface area contributed by atoms with Gasteiger partial charge in [-0.2, -0.15) is 0 Å². The Morgan fingerprint density at radius 1 is 1.73 bits per heavy atom. The quantitative estimate of drug-likeness (QED) is 0.726. The minimum atomic E-state index is -2.50. The van der Waals surface area contributed by atoms with Crippen molar-refractivity contribution in [3.63, 3.8) is 0 Å². The molecule has 0 aromatic carbocycles. The van der Waals surface area contributed by atoms with Gasteiger partial charge in [-0.3, -0.25) is 4.79 Å². The molecule has 2 unspecified atom stereocenters. The lowest BCUT2D eigenvalue weighted by atomic mass is 9.98. The van der Waals surface area contributed by atoms with Gasteiger partial charge in [0, 0.05) is 6.42 Å². The van der Waals surface area contributed by atoms with Crippen molar-refractivity contribution in [1.82, 2.24) is 5.32 Å². The van der Waals surface area contributed by atoms with E-state index in [1.54, 1.807) is 7.05 Å². The number of carboxylic acid groups (broad SMARTS) is 1. The Kier molecular flexibility index (Phi) is 3.98. The highest BCUT2D eigenvalue weighted by Gasteiger charge is 2.44. The van der Waals surface area contributed by atoms with Gasteiger partial charge in [-0.1, -0.05) is 0 Å².